The number of halogens is 4. The largest absolute Gasteiger partial charge is 0.416 e. The molecule has 8 heteroatoms. The number of amides is 1. The molecule has 0 aliphatic carbocycles. The Morgan fingerprint density at radius 1 is 1.30 bits per heavy atom. The standard InChI is InChI=1S/C15H12BrF3N2O2/c1-9-5-12(16)14(23)21(7-9)8-13(22)20-11-4-2-3-10(6-11)15(17,18)19/h2-7H,8H2,1H3,(H,20,22). The number of alkyl halides is 3. The van der Waals surface area contributed by atoms with Gasteiger partial charge in [0.05, 0.1) is 10.0 Å². The maximum atomic E-state index is 12.6. The summed E-state index contributed by atoms with van der Waals surface area (Å²) in [6, 6.07) is 5.92. The van der Waals surface area contributed by atoms with Crippen LogP contribution in [0.25, 0.3) is 0 Å². The second-order valence-corrected chi connectivity index (χ2v) is 5.78. The average Bonchev–Trinajstić information content (AvgIpc) is 2.43. The minimum absolute atomic E-state index is 0.0181. The van der Waals surface area contributed by atoms with E-state index in [4.69, 9.17) is 0 Å². The molecule has 1 aromatic carbocycles. The first kappa shape index (κ1) is 17.3. The van der Waals surface area contributed by atoms with E-state index < -0.39 is 23.2 Å². The molecule has 0 bridgehead atoms. The summed E-state index contributed by atoms with van der Waals surface area (Å²) in [4.78, 5) is 23.8. The highest BCUT2D eigenvalue weighted by atomic mass is 79.9. The van der Waals surface area contributed by atoms with Crippen LogP contribution in [-0.4, -0.2) is 10.5 Å². The van der Waals surface area contributed by atoms with Crippen molar-refractivity contribution in [3.63, 3.8) is 0 Å². The Morgan fingerprint density at radius 3 is 2.65 bits per heavy atom. The Bertz CT molecular complexity index is 800. The molecule has 0 atom stereocenters. The van der Waals surface area contributed by atoms with Gasteiger partial charge in [-0.15, -0.1) is 0 Å². The van der Waals surface area contributed by atoms with Crippen molar-refractivity contribution < 1.29 is 18.0 Å². The first-order chi connectivity index (χ1) is 10.7. The molecule has 0 saturated carbocycles. The van der Waals surface area contributed by atoms with E-state index in [1.807, 2.05) is 0 Å². The molecule has 0 saturated heterocycles. The van der Waals surface area contributed by atoms with E-state index >= 15 is 0 Å². The van der Waals surface area contributed by atoms with Crippen molar-refractivity contribution in [3.05, 3.63) is 62.5 Å². The SMILES string of the molecule is Cc1cc(Br)c(=O)n(CC(=O)Nc2cccc(C(F)(F)F)c2)c1. The van der Waals surface area contributed by atoms with Crippen LogP contribution in [0.5, 0.6) is 0 Å². The third-order valence-electron chi connectivity index (χ3n) is 2.97. The van der Waals surface area contributed by atoms with Gasteiger partial charge in [0.2, 0.25) is 5.91 Å². The summed E-state index contributed by atoms with van der Waals surface area (Å²) >= 11 is 3.09. The highest BCUT2D eigenvalue weighted by molar-refractivity contribution is 9.10. The second kappa shape index (κ2) is 6.57. The van der Waals surface area contributed by atoms with Crippen LogP contribution in [0.4, 0.5) is 18.9 Å². The maximum Gasteiger partial charge on any atom is 0.416 e. The fraction of sp³-hybridized carbons (Fsp3) is 0.200. The van der Waals surface area contributed by atoms with E-state index in [-0.39, 0.29) is 12.2 Å². The quantitative estimate of drug-likeness (QED) is 0.873. The lowest BCUT2D eigenvalue weighted by Gasteiger charge is -2.11. The molecule has 0 aliphatic rings. The van der Waals surface area contributed by atoms with Gasteiger partial charge in [0.1, 0.15) is 6.54 Å². The van der Waals surface area contributed by atoms with Gasteiger partial charge in [0.25, 0.3) is 5.56 Å². The molecule has 0 aliphatic heterocycles. The molecule has 1 aromatic heterocycles. The normalized spacial score (nSPS) is 11.3. The Morgan fingerprint density at radius 2 is 2.00 bits per heavy atom. The van der Waals surface area contributed by atoms with Crippen LogP contribution in [0.1, 0.15) is 11.1 Å². The summed E-state index contributed by atoms with van der Waals surface area (Å²) in [6.07, 6.45) is -2.99. The second-order valence-electron chi connectivity index (χ2n) is 4.93. The van der Waals surface area contributed by atoms with Gasteiger partial charge in [-0.3, -0.25) is 9.59 Å². The van der Waals surface area contributed by atoms with Crippen LogP contribution in [0.2, 0.25) is 0 Å². The van der Waals surface area contributed by atoms with Crippen LogP contribution in [-0.2, 0) is 17.5 Å². The molecule has 23 heavy (non-hydrogen) atoms. The molecular weight excluding hydrogens is 377 g/mol. The number of nitrogens with zero attached hydrogens (tertiary/aromatic N) is 1. The third-order valence-corrected chi connectivity index (χ3v) is 3.53. The van der Waals surface area contributed by atoms with Crippen molar-refractivity contribution in [3.8, 4) is 0 Å². The number of anilines is 1. The first-order valence-corrected chi connectivity index (χ1v) is 7.30. The molecule has 2 aromatic rings. The number of hydrogen-bond donors (Lipinski definition) is 1. The van der Waals surface area contributed by atoms with Crippen molar-refractivity contribution in [2.45, 2.75) is 19.6 Å². The molecule has 4 nitrogen and oxygen atoms in total. The highest BCUT2D eigenvalue weighted by Gasteiger charge is 2.30. The molecule has 0 unspecified atom stereocenters. The van der Waals surface area contributed by atoms with Crippen LogP contribution < -0.4 is 10.9 Å². The maximum absolute atomic E-state index is 12.6. The lowest BCUT2D eigenvalue weighted by Crippen LogP contribution is -2.28. The summed E-state index contributed by atoms with van der Waals surface area (Å²) in [5, 5.41) is 2.36. The van der Waals surface area contributed by atoms with Gasteiger partial charge in [-0.2, -0.15) is 13.2 Å². The van der Waals surface area contributed by atoms with Gasteiger partial charge in [0.15, 0.2) is 0 Å². The minimum Gasteiger partial charge on any atom is -0.325 e. The highest BCUT2D eigenvalue weighted by Crippen LogP contribution is 2.30. The summed E-state index contributed by atoms with van der Waals surface area (Å²) < 4.78 is 39.4. The molecule has 0 radical (unpaired) electrons. The van der Waals surface area contributed by atoms with E-state index in [0.29, 0.717) is 4.47 Å². The molecule has 0 spiro atoms. The Kier molecular flexibility index (Phi) is 4.93. The zero-order valence-electron chi connectivity index (χ0n) is 11.9. The Labute approximate surface area is 138 Å². The summed E-state index contributed by atoms with van der Waals surface area (Å²) in [7, 11) is 0. The van der Waals surface area contributed by atoms with Crippen molar-refractivity contribution in [2.75, 3.05) is 5.32 Å². The van der Waals surface area contributed by atoms with Crippen molar-refractivity contribution in [1.82, 2.24) is 4.57 Å². The predicted molar refractivity (Wildman–Crippen MR) is 83.2 cm³/mol. The van der Waals surface area contributed by atoms with E-state index in [1.165, 1.54) is 22.9 Å². The van der Waals surface area contributed by atoms with Gasteiger partial charge in [0, 0.05) is 11.9 Å². The van der Waals surface area contributed by atoms with Crippen molar-refractivity contribution >= 4 is 27.5 Å². The number of rotatable bonds is 3. The molecule has 122 valence electrons. The van der Waals surface area contributed by atoms with E-state index in [9.17, 15) is 22.8 Å². The summed E-state index contributed by atoms with van der Waals surface area (Å²) in [6.45, 7) is 1.46. The molecule has 1 heterocycles. The number of benzene rings is 1. The molecular formula is C15H12BrF3N2O2. The number of hydrogen-bond acceptors (Lipinski definition) is 2. The fourth-order valence-electron chi connectivity index (χ4n) is 1.99. The molecule has 1 amide bonds. The van der Waals surface area contributed by atoms with E-state index in [1.54, 1.807) is 13.0 Å². The molecule has 2 rings (SSSR count). The van der Waals surface area contributed by atoms with Crippen LogP contribution in [0.15, 0.2) is 45.8 Å². The van der Waals surface area contributed by atoms with Gasteiger partial charge < -0.3 is 9.88 Å². The number of aromatic nitrogens is 1. The van der Waals surface area contributed by atoms with Gasteiger partial charge >= 0.3 is 6.18 Å². The minimum atomic E-state index is -4.49. The third kappa shape index (κ3) is 4.44. The number of aryl methyl sites for hydroxylation is 1. The number of carbonyl (C=O) groups is 1. The fourth-order valence-corrected chi connectivity index (χ4v) is 2.58. The number of pyridine rings is 1. The Hall–Kier alpha value is -2.09. The van der Waals surface area contributed by atoms with Crippen molar-refractivity contribution in [1.29, 1.82) is 0 Å². The van der Waals surface area contributed by atoms with Crippen LogP contribution >= 0.6 is 15.9 Å². The summed E-state index contributed by atoms with van der Waals surface area (Å²) in [5.74, 6) is -0.594. The predicted octanol–water partition coefficient (Wildman–Crippen LogP) is 3.58. The zero-order chi connectivity index (χ0) is 17.2. The molecule has 0 fully saturated rings. The first-order valence-electron chi connectivity index (χ1n) is 6.50. The zero-order valence-corrected chi connectivity index (χ0v) is 13.5. The van der Waals surface area contributed by atoms with Crippen LogP contribution in [0.3, 0.4) is 0 Å². The van der Waals surface area contributed by atoms with Gasteiger partial charge in [-0.1, -0.05) is 6.07 Å². The topological polar surface area (TPSA) is 51.1 Å². The number of carbonyl (C=O) groups excluding carboxylic acids is 1. The van der Waals surface area contributed by atoms with Crippen LogP contribution in [0, 0.1) is 6.92 Å². The lowest BCUT2D eigenvalue weighted by molar-refractivity contribution is -0.137. The average molecular weight is 389 g/mol. The molecule has 1 N–H and O–H groups in total. The Balaban J connectivity index is 2.16. The van der Waals surface area contributed by atoms with E-state index in [2.05, 4.69) is 21.2 Å². The van der Waals surface area contributed by atoms with Crippen molar-refractivity contribution in [2.24, 2.45) is 0 Å². The van der Waals surface area contributed by atoms with E-state index in [0.717, 1.165) is 17.7 Å². The monoisotopic (exact) mass is 388 g/mol. The smallest absolute Gasteiger partial charge is 0.325 e. The van der Waals surface area contributed by atoms with Gasteiger partial charge in [-0.05, 0) is 52.7 Å². The van der Waals surface area contributed by atoms with Gasteiger partial charge in [-0.25, -0.2) is 0 Å². The summed E-state index contributed by atoms with van der Waals surface area (Å²) in [5.41, 5.74) is -0.464. The number of nitrogens with one attached hydrogen (secondary N) is 1. The lowest BCUT2D eigenvalue weighted by atomic mass is 10.2.